The number of aromatic carboxylic acids is 1. The van der Waals surface area contributed by atoms with Crippen LogP contribution in [0.15, 0.2) is 27.6 Å². The van der Waals surface area contributed by atoms with E-state index in [1.807, 2.05) is 22.2 Å². The van der Waals surface area contributed by atoms with E-state index in [0.717, 1.165) is 11.1 Å². The highest BCUT2D eigenvalue weighted by Crippen LogP contribution is 2.28. The number of carboxylic acids is 1. The van der Waals surface area contributed by atoms with E-state index in [-0.39, 0.29) is 0 Å². The highest BCUT2D eigenvalue weighted by molar-refractivity contribution is 7.09. The van der Waals surface area contributed by atoms with E-state index < -0.39 is 5.97 Å². The number of hydrogen-bond acceptors (Lipinski definition) is 3. The molecule has 0 amide bonds. The predicted molar refractivity (Wildman–Crippen MR) is 54.6 cm³/mol. The van der Waals surface area contributed by atoms with E-state index in [1.54, 1.807) is 16.7 Å². The van der Waals surface area contributed by atoms with Gasteiger partial charge in [-0.15, -0.1) is 0 Å². The van der Waals surface area contributed by atoms with Gasteiger partial charge in [0.05, 0.1) is 5.56 Å². The van der Waals surface area contributed by atoms with Crippen molar-refractivity contribution >= 4 is 28.6 Å². The lowest BCUT2D eigenvalue weighted by Crippen LogP contribution is -1.94. The molecule has 4 heteroatoms. The van der Waals surface area contributed by atoms with Crippen molar-refractivity contribution in [3.8, 4) is 11.1 Å². The lowest BCUT2D eigenvalue weighted by Gasteiger charge is -1.94. The fourth-order valence-corrected chi connectivity index (χ4v) is 2.59. The predicted octanol–water partition coefficient (Wildman–Crippen LogP) is 3.17. The van der Waals surface area contributed by atoms with Gasteiger partial charge in [0.25, 0.3) is 0 Å². The van der Waals surface area contributed by atoms with Gasteiger partial charge in [-0.25, -0.2) is 4.79 Å². The van der Waals surface area contributed by atoms with E-state index in [9.17, 15) is 4.79 Å². The van der Waals surface area contributed by atoms with Gasteiger partial charge in [-0.05, 0) is 27.8 Å². The van der Waals surface area contributed by atoms with Crippen LogP contribution in [0.4, 0.5) is 0 Å². The molecule has 0 aliphatic rings. The third-order valence-electron chi connectivity index (χ3n) is 1.72. The molecule has 0 aromatic carbocycles. The van der Waals surface area contributed by atoms with E-state index in [1.165, 1.54) is 11.3 Å². The molecule has 2 aromatic heterocycles. The van der Waals surface area contributed by atoms with Crippen LogP contribution < -0.4 is 0 Å². The average Bonchev–Trinajstić information content (AvgIpc) is 2.74. The maximum Gasteiger partial charge on any atom is 0.337 e. The van der Waals surface area contributed by atoms with Crippen molar-refractivity contribution in [2.75, 3.05) is 0 Å². The Morgan fingerprint density at radius 2 is 2.08 bits per heavy atom. The first kappa shape index (κ1) is 8.47. The Hall–Kier alpha value is -1.13. The van der Waals surface area contributed by atoms with Gasteiger partial charge in [-0.1, -0.05) is 0 Å². The Balaban J connectivity index is 2.52. The summed E-state index contributed by atoms with van der Waals surface area (Å²) in [4.78, 5) is 10.8. The Morgan fingerprint density at radius 3 is 2.69 bits per heavy atom. The van der Waals surface area contributed by atoms with Gasteiger partial charge in [0.1, 0.15) is 0 Å². The van der Waals surface area contributed by atoms with Crippen LogP contribution in [0.5, 0.6) is 0 Å². The first-order chi connectivity index (χ1) is 6.29. The van der Waals surface area contributed by atoms with Gasteiger partial charge in [0.2, 0.25) is 0 Å². The second kappa shape index (κ2) is 3.32. The number of hydrogen-bond donors (Lipinski definition) is 1. The van der Waals surface area contributed by atoms with E-state index in [0.29, 0.717) is 5.56 Å². The number of rotatable bonds is 2. The van der Waals surface area contributed by atoms with Crippen molar-refractivity contribution in [3.63, 3.8) is 0 Å². The van der Waals surface area contributed by atoms with Crippen LogP contribution in [0.2, 0.25) is 0 Å². The van der Waals surface area contributed by atoms with Gasteiger partial charge < -0.3 is 5.11 Å². The molecule has 0 fully saturated rings. The molecule has 0 radical (unpaired) electrons. The van der Waals surface area contributed by atoms with Gasteiger partial charge in [-0.3, -0.25) is 0 Å². The molecule has 0 aliphatic carbocycles. The SMILES string of the molecule is O=C(O)c1cscc1-c1ccsc1. The molecule has 2 aromatic rings. The summed E-state index contributed by atoms with van der Waals surface area (Å²) in [5.74, 6) is -0.859. The molecular weight excluding hydrogens is 204 g/mol. The summed E-state index contributed by atoms with van der Waals surface area (Å²) in [6.07, 6.45) is 0. The fraction of sp³-hybridized carbons (Fsp3) is 0. The Kier molecular flexibility index (Phi) is 2.16. The van der Waals surface area contributed by atoms with Crippen LogP contribution in [0.1, 0.15) is 10.4 Å². The highest BCUT2D eigenvalue weighted by Gasteiger charge is 2.12. The third-order valence-corrected chi connectivity index (χ3v) is 3.15. The van der Waals surface area contributed by atoms with Crippen LogP contribution in [-0.4, -0.2) is 11.1 Å². The highest BCUT2D eigenvalue weighted by atomic mass is 32.1. The summed E-state index contributed by atoms with van der Waals surface area (Å²) in [7, 11) is 0. The average molecular weight is 210 g/mol. The van der Waals surface area contributed by atoms with Gasteiger partial charge >= 0.3 is 5.97 Å². The van der Waals surface area contributed by atoms with Crippen molar-refractivity contribution in [2.45, 2.75) is 0 Å². The second-order valence-corrected chi connectivity index (χ2v) is 4.04. The van der Waals surface area contributed by atoms with Crippen LogP contribution in [-0.2, 0) is 0 Å². The third kappa shape index (κ3) is 1.50. The molecule has 66 valence electrons. The van der Waals surface area contributed by atoms with Crippen LogP contribution in [0, 0.1) is 0 Å². The monoisotopic (exact) mass is 210 g/mol. The minimum Gasteiger partial charge on any atom is -0.478 e. The van der Waals surface area contributed by atoms with Gasteiger partial charge in [-0.2, -0.15) is 22.7 Å². The van der Waals surface area contributed by atoms with Crippen LogP contribution >= 0.6 is 22.7 Å². The normalized spacial score (nSPS) is 10.2. The van der Waals surface area contributed by atoms with Crippen molar-refractivity contribution in [1.82, 2.24) is 0 Å². The first-order valence-corrected chi connectivity index (χ1v) is 5.49. The molecule has 0 bridgehead atoms. The summed E-state index contributed by atoms with van der Waals surface area (Å²) in [5.41, 5.74) is 2.20. The number of carbonyl (C=O) groups is 1. The first-order valence-electron chi connectivity index (χ1n) is 3.61. The molecule has 2 nitrogen and oxygen atoms in total. The standard InChI is InChI=1S/C9H6O2S2/c10-9(11)8-5-13-4-7(8)6-1-2-12-3-6/h1-5H,(H,10,11). The molecule has 2 heterocycles. The topological polar surface area (TPSA) is 37.3 Å². The second-order valence-electron chi connectivity index (χ2n) is 2.52. The zero-order valence-corrected chi connectivity index (χ0v) is 8.19. The van der Waals surface area contributed by atoms with E-state index >= 15 is 0 Å². The molecule has 2 rings (SSSR count). The Bertz CT molecular complexity index is 415. The maximum absolute atomic E-state index is 10.8. The molecule has 0 saturated carbocycles. The van der Waals surface area contributed by atoms with Crippen molar-refractivity contribution in [2.24, 2.45) is 0 Å². The minimum absolute atomic E-state index is 0.392. The molecule has 0 atom stereocenters. The lowest BCUT2D eigenvalue weighted by molar-refractivity contribution is 0.0698. The molecular formula is C9H6O2S2. The van der Waals surface area contributed by atoms with Gasteiger partial charge in [0, 0.05) is 10.9 Å². The fourth-order valence-electron chi connectivity index (χ4n) is 1.10. The smallest absolute Gasteiger partial charge is 0.337 e. The molecule has 13 heavy (non-hydrogen) atoms. The van der Waals surface area contributed by atoms with Crippen molar-refractivity contribution in [3.05, 3.63) is 33.2 Å². The van der Waals surface area contributed by atoms with E-state index in [4.69, 9.17) is 5.11 Å². The largest absolute Gasteiger partial charge is 0.478 e. The zero-order chi connectivity index (χ0) is 9.26. The zero-order valence-electron chi connectivity index (χ0n) is 6.56. The number of carboxylic acid groups (broad SMARTS) is 1. The summed E-state index contributed by atoms with van der Waals surface area (Å²) >= 11 is 2.99. The van der Waals surface area contributed by atoms with E-state index in [2.05, 4.69) is 0 Å². The van der Waals surface area contributed by atoms with Crippen molar-refractivity contribution in [1.29, 1.82) is 0 Å². The summed E-state index contributed by atoms with van der Waals surface area (Å²) in [6.45, 7) is 0. The minimum atomic E-state index is -0.859. The summed E-state index contributed by atoms with van der Waals surface area (Å²) in [5, 5.41) is 16.3. The van der Waals surface area contributed by atoms with Gasteiger partial charge in [0.15, 0.2) is 0 Å². The van der Waals surface area contributed by atoms with Crippen LogP contribution in [0.3, 0.4) is 0 Å². The van der Waals surface area contributed by atoms with Crippen molar-refractivity contribution < 1.29 is 9.90 Å². The summed E-state index contributed by atoms with van der Waals surface area (Å²) < 4.78 is 0. The molecule has 0 unspecified atom stereocenters. The molecule has 1 N–H and O–H groups in total. The summed E-state index contributed by atoms with van der Waals surface area (Å²) in [6, 6.07) is 1.93. The maximum atomic E-state index is 10.8. The Labute approximate surface area is 83.1 Å². The molecule has 0 aliphatic heterocycles. The molecule has 0 saturated heterocycles. The Morgan fingerprint density at radius 1 is 1.23 bits per heavy atom. The number of thiophene rings is 2. The quantitative estimate of drug-likeness (QED) is 0.826. The molecule has 0 spiro atoms. The lowest BCUT2D eigenvalue weighted by atomic mass is 10.1. The van der Waals surface area contributed by atoms with Crippen LogP contribution in [0.25, 0.3) is 11.1 Å².